The SMILES string of the molecule is CCOc1cc(C(c2ccccc2OC)N2CCC(C(=O)O)CC2)ccc1OCc1ccccc1. The van der Waals surface area contributed by atoms with Crippen molar-refractivity contribution in [1.29, 1.82) is 0 Å². The molecule has 1 unspecified atom stereocenters. The number of carboxylic acid groups (broad SMARTS) is 1. The van der Waals surface area contributed by atoms with Crippen molar-refractivity contribution in [1.82, 2.24) is 4.90 Å². The lowest BCUT2D eigenvalue weighted by Gasteiger charge is -2.37. The molecule has 1 aliphatic heterocycles. The van der Waals surface area contributed by atoms with Crippen molar-refractivity contribution in [3.8, 4) is 17.2 Å². The Morgan fingerprint density at radius 3 is 2.34 bits per heavy atom. The van der Waals surface area contributed by atoms with Gasteiger partial charge in [-0.1, -0.05) is 54.6 Å². The first-order valence-electron chi connectivity index (χ1n) is 12.1. The number of aliphatic carboxylic acids is 1. The summed E-state index contributed by atoms with van der Waals surface area (Å²) in [5.74, 6) is 1.19. The Morgan fingerprint density at radius 1 is 0.943 bits per heavy atom. The second-order valence-electron chi connectivity index (χ2n) is 8.71. The highest BCUT2D eigenvalue weighted by atomic mass is 16.5. The number of benzene rings is 3. The van der Waals surface area contributed by atoms with E-state index in [9.17, 15) is 9.90 Å². The van der Waals surface area contributed by atoms with Crippen molar-refractivity contribution in [2.24, 2.45) is 5.92 Å². The minimum Gasteiger partial charge on any atom is -0.496 e. The molecule has 1 N–H and O–H groups in total. The molecule has 0 spiro atoms. The van der Waals surface area contributed by atoms with E-state index in [0.29, 0.717) is 50.6 Å². The van der Waals surface area contributed by atoms with Crippen LogP contribution in [-0.2, 0) is 11.4 Å². The smallest absolute Gasteiger partial charge is 0.306 e. The zero-order valence-corrected chi connectivity index (χ0v) is 20.4. The van der Waals surface area contributed by atoms with Crippen molar-refractivity contribution in [2.45, 2.75) is 32.4 Å². The van der Waals surface area contributed by atoms with Crippen LogP contribution in [0.4, 0.5) is 0 Å². The third-order valence-electron chi connectivity index (χ3n) is 6.50. The van der Waals surface area contributed by atoms with Crippen LogP contribution in [0.2, 0.25) is 0 Å². The molecule has 0 aromatic heterocycles. The van der Waals surface area contributed by atoms with Crippen LogP contribution in [0.15, 0.2) is 72.8 Å². The van der Waals surface area contributed by atoms with Crippen LogP contribution in [0.1, 0.15) is 42.5 Å². The number of hydrogen-bond acceptors (Lipinski definition) is 5. The van der Waals surface area contributed by atoms with Crippen molar-refractivity contribution in [3.05, 3.63) is 89.5 Å². The van der Waals surface area contributed by atoms with Gasteiger partial charge in [0.15, 0.2) is 11.5 Å². The van der Waals surface area contributed by atoms with E-state index in [1.54, 1.807) is 7.11 Å². The molecule has 1 heterocycles. The van der Waals surface area contributed by atoms with E-state index in [2.05, 4.69) is 17.0 Å². The molecule has 1 saturated heterocycles. The number of ether oxygens (including phenoxy) is 3. The van der Waals surface area contributed by atoms with Gasteiger partial charge in [0.1, 0.15) is 12.4 Å². The number of hydrogen-bond donors (Lipinski definition) is 1. The van der Waals surface area contributed by atoms with Gasteiger partial charge in [0.05, 0.1) is 25.7 Å². The highest BCUT2D eigenvalue weighted by Gasteiger charge is 2.32. The molecule has 35 heavy (non-hydrogen) atoms. The Labute approximate surface area is 207 Å². The van der Waals surface area contributed by atoms with E-state index in [4.69, 9.17) is 14.2 Å². The summed E-state index contributed by atoms with van der Waals surface area (Å²) in [4.78, 5) is 13.9. The van der Waals surface area contributed by atoms with E-state index in [-0.39, 0.29) is 12.0 Å². The summed E-state index contributed by atoms with van der Waals surface area (Å²) in [6.45, 7) is 4.32. The lowest BCUT2D eigenvalue weighted by molar-refractivity contribution is -0.143. The first kappa shape index (κ1) is 24.6. The molecule has 184 valence electrons. The van der Waals surface area contributed by atoms with Gasteiger partial charge >= 0.3 is 5.97 Å². The Balaban J connectivity index is 1.66. The van der Waals surface area contributed by atoms with Crippen LogP contribution < -0.4 is 14.2 Å². The summed E-state index contributed by atoms with van der Waals surface area (Å²) in [6, 6.07) is 24.1. The van der Waals surface area contributed by atoms with Gasteiger partial charge in [-0.2, -0.15) is 0 Å². The number of carbonyl (C=O) groups is 1. The zero-order chi connectivity index (χ0) is 24.6. The summed E-state index contributed by atoms with van der Waals surface area (Å²) in [5, 5.41) is 9.47. The van der Waals surface area contributed by atoms with Gasteiger partial charge in [-0.05, 0) is 62.2 Å². The normalized spacial score (nSPS) is 15.4. The van der Waals surface area contributed by atoms with Gasteiger partial charge in [0.2, 0.25) is 0 Å². The average molecular weight is 476 g/mol. The standard InChI is InChI=1S/C29H33NO5/c1-3-34-27-19-23(13-14-26(27)35-20-21-9-5-4-6-10-21)28(24-11-7-8-12-25(24)33-2)30-17-15-22(16-18-30)29(31)32/h4-14,19,22,28H,3,15-18,20H2,1-2H3,(H,31,32). The molecule has 0 bridgehead atoms. The van der Waals surface area contributed by atoms with Crippen LogP contribution in [0.25, 0.3) is 0 Å². The lowest BCUT2D eigenvalue weighted by Crippen LogP contribution is -2.39. The van der Waals surface area contributed by atoms with E-state index in [0.717, 1.165) is 22.4 Å². The molecule has 0 radical (unpaired) electrons. The maximum Gasteiger partial charge on any atom is 0.306 e. The van der Waals surface area contributed by atoms with Gasteiger partial charge in [-0.3, -0.25) is 9.69 Å². The summed E-state index contributed by atoms with van der Waals surface area (Å²) in [7, 11) is 1.68. The fraction of sp³-hybridized carbons (Fsp3) is 0.345. The Hall–Kier alpha value is -3.51. The Kier molecular flexibility index (Phi) is 8.27. The van der Waals surface area contributed by atoms with Crippen molar-refractivity contribution < 1.29 is 24.1 Å². The van der Waals surface area contributed by atoms with Crippen LogP contribution in [-0.4, -0.2) is 42.8 Å². The number of rotatable bonds is 10. The second kappa shape index (κ2) is 11.8. The predicted molar refractivity (Wildman–Crippen MR) is 135 cm³/mol. The average Bonchev–Trinajstić information content (AvgIpc) is 2.90. The first-order chi connectivity index (χ1) is 17.1. The van der Waals surface area contributed by atoms with Crippen LogP contribution in [0, 0.1) is 5.92 Å². The quantitative estimate of drug-likeness (QED) is 0.414. The number of likely N-dealkylation sites (tertiary alicyclic amines) is 1. The number of methoxy groups -OCH3 is 1. The molecule has 0 amide bonds. The third-order valence-corrected chi connectivity index (χ3v) is 6.50. The van der Waals surface area contributed by atoms with E-state index in [1.165, 1.54) is 0 Å². The van der Waals surface area contributed by atoms with Crippen LogP contribution in [0.5, 0.6) is 17.2 Å². The van der Waals surface area contributed by atoms with Gasteiger partial charge < -0.3 is 19.3 Å². The predicted octanol–water partition coefficient (Wildman–Crippen LogP) is 5.56. The molecular formula is C29H33NO5. The molecule has 6 heteroatoms. The van der Waals surface area contributed by atoms with Gasteiger partial charge in [0, 0.05) is 5.56 Å². The zero-order valence-electron chi connectivity index (χ0n) is 20.4. The molecular weight excluding hydrogens is 442 g/mol. The van der Waals surface area contributed by atoms with E-state index in [1.807, 2.05) is 67.6 Å². The number of piperidine rings is 1. The van der Waals surface area contributed by atoms with Crippen LogP contribution >= 0.6 is 0 Å². The fourth-order valence-corrected chi connectivity index (χ4v) is 4.70. The van der Waals surface area contributed by atoms with Crippen molar-refractivity contribution >= 4 is 5.97 Å². The van der Waals surface area contributed by atoms with Gasteiger partial charge in [0.25, 0.3) is 0 Å². The molecule has 1 atom stereocenters. The largest absolute Gasteiger partial charge is 0.496 e. The second-order valence-corrected chi connectivity index (χ2v) is 8.71. The molecule has 4 rings (SSSR count). The summed E-state index contributed by atoms with van der Waals surface area (Å²) < 4.78 is 17.8. The minimum absolute atomic E-state index is 0.0942. The fourth-order valence-electron chi connectivity index (χ4n) is 4.70. The minimum atomic E-state index is -0.711. The highest BCUT2D eigenvalue weighted by Crippen LogP contribution is 2.40. The topological polar surface area (TPSA) is 68.2 Å². The highest BCUT2D eigenvalue weighted by molar-refractivity contribution is 5.70. The van der Waals surface area contributed by atoms with E-state index >= 15 is 0 Å². The Morgan fingerprint density at radius 2 is 1.66 bits per heavy atom. The first-order valence-corrected chi connectivity index (χ1v) is 12.1. The Bertz CT molecular complexity index is 1110. The number of nitrogens with zero attached hydrogens (tertiary/aromatic N) is 1. The number of para-hydroxylation sites is 1. The van der Waals surface area contributed by atoms with Gasteiger partial charge in [-0.25, -0.2) is 0 Å². The summed E-state index contributed by atoms with van der Waals surface area (Å²) >= 11 is 0. The summed E-state index contributed by atoms with van der Waals surface area (Å²) in [6.07, 6.45) is 1.25. The van der Waals surface area contributed by atoms with Crippen molar-refractivity contribution in [2.75, 3.05) is 26.8 Å². The molecule has 6 nitrogen and oxygen atoms in total. The van der Waals surface area contributed by atoms with E-state index < -0.39 is 5.97 Å². The summed E-state index contributed by atoms with van der Waals surface area (Å²) in [5.41, 5.74) is 3.19. The molecule has 3 aromatic carbocycles. The lowest BCUT2D eigenvalue weighted by atomic mass is 9.90. The molecule has 0 saturated carbocycles. The molecule has 3 aromatic rings. The maximum atomic E-state index is 11.5. The maximum absolute atomic E-state index is 11.5. The molecule has 0 aliphatic carbocycles. The van der Waals surface area contributed by atoms with Gasteiger partial charge in [-0.15, -0.1) is 0 Å². The van der Waals surface area contributed by atoms with Crippen molar-refractivity contribution in [3.63, 3.8) is 0 Å². The molecule has 1 fully saturated rings. The number of carboxylic acids is 1. The monoisotopic (exact) mass is 475 g/mol. The molecule has 1 aliphatic rings. The third kappa shape index (κ3) is 5.95. The van der Waals surface area contributed by atoms with Crippen LogP contribution in [0.3, 0.4) is 0 Å².